The number of rotatable bonds is 21. The highest BCUT2D eigenvalue weighted by Gasteiger charge is 2.10. The van der Waals surface area contributed by atoms with Crippen molar-refractivity contribution in [2.24, 2.45) is 11.8 Å². The molecule has 38 heavy (non-hydrogen) atoms. The number of unbranched alkanes of at least 4 members (excludes halogenated alkanes) is 2. The molecular formula is C30H54N4O4. The van der Waals surface area contributed by atoms with Gasteiger partial charge in [-0.15, -0.1) is 0 Å². The molecule has 4 amide bonds. The Morgan fingerprint density at radius 3 is 1.84 bits per heavy atom. The predicted molar refractivity (Wildman–Crippen MR) is 158 cm³/mol. The summed E-state index contributed by atoms with van der Waals surface area (Å²) in [6.07, 6.45) is 10.00. The van der Waals surface area contributed by atoms with E-state index in [-0.39, 0.29) is 12.1 Å². The molecule has 0 radical (unpaired) electrons. The Bertz CT molecular complexity index is 775. The summed E-state index contributed by atoms with van der Waals surface area (Å²) in [4.78, 5) is 24.7. The minimum absolute atomic E-state index is 0.270. The molecule has 2 atom stereocenters. The maximum atomic E-state index is 12.4. The van der Waals surface area contributed by atoms with Gasteiger partial charge in [0.15, 0.2) is 0 Å². The van der Waals surface area contributed by atoms with Crippen LogP contribution in [0.1, 0.15) is 91.0 Å². The largest absolute Gasteiger partial charge is 0.381 e. The van der Waals surface area contributed by atoms with Crippen LogP contribution in [-0.2, 0) is 9.47 Å². The molecule has 8 nitrogen and oxygen atoms in total. The molecule has 0 saturated heterocycles. The third-order valence-electron chi connectivity index (χ3n) is 6.68. The lowest BCUT2D eigenvalue weighted by Crippen LogP contribution is -2.31. The summed E-state index contributed by atoms with van der Waals surface area (Å²) in [6, 6.07) is 4.91. The van der Waals surface area contributed by atoms with Gasteiger partial charge in [0.05, 0.1) is 0 Å². The summed E-state index contributed by atoms with van der Waals surface area (Å²) in [5, 5.41) is 11.5. The zero-order chi connectivity index (χ0) is 28.0. The Labute approximate surface area is 231 Å². The summed E-state index contributed by atoms with van der Waals surface area (Å²) < 4.78 is 11.5. The van der Waals surface area contributed by atoms with Crippen LogP contribution < -0.4 is 21.3 Å². The van der Waals surface area contributed by atoms with Crippen molar-refractivity contribution in [1.82, 2.24) is 10.6 Å². The number of ether oxygens (including phenoxy) is 2. The Kier molecular flexibility index (Phi) is 19.2. The van der Waals surface area contributed by atoms with Crippen LogP contribution >= 0.6 is 0 Å². The molecule has 0 heterocycles. The minimum Gasteiger partial charge on any atom is -0.381 e. The lowest BCUT2D eigenvalue weighted by molar-refractivity contribution is 0.0925. The molecule has 0 bridgehead atoms. The highest BCUT2D eigenvalue weighted by molar-refractivity contribution is 5.94. The van der Waals surface area contributed by atoms with Gasteiger partial charge < -0.3 is 30.7 Å². The van der Waals surface area contributed by atoms with Crippen molar-refractivity contribution < 1.29 is 19.1 Å². The van der Waals surface area contributed by atoms with Gasteiger partial charge in [-0.1, -0.05) is 65.9 Å². The number of benzene rings is 1. The van der Waals surface area contributed by atoms with E-state index < -0.39 is 0 Å². The summed E-state index contributed by atoms with van der Waals surface area (Å²) >= 11 is 0. The summed E-state index contributed by atoms with van der Waals surface area (Å²) in [5.74, 6) is 1.20. The first-order valence-corrected chi connectivity index (χ1v) is 14.8. The fourth-order valence-corrected chi connectivity index (χ4v) is 4.06. The lowest BCUT2D eigenvalue weighted by Gasteiger charge is -2.15. The number of carbonyl (C=O) groups excluding carboxylic acids is 2. The Morgan fingerprint density at radius 1 is 0.789 bits per heavy atom. The van der Waals surface area contributed by atoms with Crippen LogP contribution in [0.2, 0.25) is 0 Å². The van der Waals surface area contributed by atoms with Crippen LogP contribution in [0.25, 0.3) is 0 Å². The van der Waals surface area contributed by atoms with Gasteiger partial charge in [-0.25, -0.2) is 9.59 Å². The molecule has 8 heteroatoms. The first kappa shape index (κ1) is 33.7. The third kappa shape index (κ3) is 15.8. The lowest BCUT2D eigenvalue weighted by atomic mass is 10.0. The molecule has 0 aliphatic carbocycles. The van der Waals surface area contributed by atoms with Crippen molar-refractivity contribution in [3.63, 3.8) is 0 Å². The van der Waals surface area contributed by atoms with E-state index in [0.717, 1.165) is 38.0 Å². The van der Waals surface area contributed by atoms with Crippen LogP contribution in [0.15, 0.2) is 18.2 Å². The van der Waals surface area contributed by atoms with Crippen LogP contribution in [0.5, 0.6) is 0 Å². The first-order valence-electron chi connectivity index (χ1n) is 14.8. The van der Waals surface area contributed by atoms with E-state index in [1.54, 1.807) is 0 Å². The zero-order valence-electron chi connectivity index (χ0n) is 24.6. The van der Waals surface area contributed by atoms with Gasteiger partial charge in [0.2, 0.25) is 0 Å². The standard InChI is InChI=1S/C30H54N4O4/c1-6-9-14-24(4)22-37-20-12-18-31-29(35)33-27-16-11-17-28(25(27)5)34-30(36)32-19-13-21-38-23-26(8-3)15-10-7-2/h11,16-17,24,26H,6-10,12-15,18-23H2,1-5H3,(H2,31,33,35)(H2,32,34,36). The molecule has 2 unspecified atom stereocenters. The van der Waals surface area contributed by atoms with E-state index >= 15 is 0 Å². The van der Waals surface area contributed by atoms with Crippen molar-refractivity contribution in [3.05, 3.63) is 23.8 Å². The fourth-order valence-electron chi connectivity index (χ4n) is 4.06. The van der Waals surface area contributed by atoms with E-state index in [9.17, 15) is 9.59 Å². The maximum absolute atomic E-state index is 12.4. The van der Waals surface area contributed by atoms with Crippen molar-refractivity contribution in [2.45, 2.75) is 92.4 Å². The summed E-state index contributed by atoms with van der Waals surface area (Å²) in [7, 11) is 0. The quantitative estimate of drug-likeness (QED) is 0.126. The van der Waals surface area contributed by atoms with Gasteiger partial charge in [0, 0.05) is 50.9 Å². The van der Waals surface area contributed by atoms with Crippen LogP contribution in [0.4, 0.5) is 21.0 Å². The number of hydrogen-bond acceptors (Lipinski definition) is 4. The summed E-state index contributed by atoms with van der Waals surface area (Å²) in [5.41, 5.74) is 2.11. The molecule has 0 fully saturated rings. The number of urea groups is 2. The summed E-state index contributed by atoms with van der Waals surface area (Å²) in [6.45, 7) is 14.6. The second-order valence-corrected chi connectivity index (χ2v) is 10.3. The van der Waals surface area contributed by atoms with Crippen LogP contribution in [-0.4, -0.2) is 51.6 Å². The smallest absolute Gasteiger partial charge is 0.319 e. The normalized spacial score (nSPS) is 12.6. The zero-order valence-corrected chi connectivity index (χ0v) is 24.6. The molecule has 0 aliphatic heterocycles. The predicted octanol–water partition coefficient (Wildman–Crippen LogP) is 7.09. The molecule has 0 aromatic heterocycles. The molecule has 1 aromatic carbocycles. The number of hydrogen-bond donors (Lipinski definition) is 4. The van der Waals surface area contributed by atoms with E-state index in [1.807, 2.05) is 25.1 Å². The minimum atomic E-state index is -0.272. The average molecular weight is 535 g/mol. The van der Waals surface area contributed by atoms with Crippen LogP contribution in [0, 0.1) is 18.8 Å². The molecule has 1 aromatic rings. The van der Waals surface area contributed by atoms with Gasteiger partial charge in [-0.2, -0.15) is 0 Å². The highest BCUT2D eigenvalue weighted by Crippen LogP contribution is 2.23. The van der Waals surface area contributed by atoms with E-state index in [0.29, 0.717) is 49.5 Å². The fraction of sp³-hybridized carbons (Fsp3) is 0.733. The van der Waals surface area contributed by atoms with Crippen molar-refractivity contribution in [1.29, 1.82) is 0 Å². The number of anilines is 2. The molecule has 4 N–H and O–H groups in total. The number of carbonyl (C=O) groups is 2. The molecule has 0 spiro atoms. The molecule has 0 aliphatic rings. The molecular weight excluding hydrogens is 480 g/mol. The van der Waals surface area contributed by atoms with Crippen molar-refractivity contribution in [2.75, 3.05) is 50.2 Å². The topological polar surface area (TPSA) is 101 Å². The number of nitrogens with one attached hydrogen (secondary N) is 4. The van der Waals surface area contributed by atoms with Crippen molar-refractivity contribution in [3.8, 4) is 0 Å². The van der Waals surface area contributed by atoms with Gasteiger partial charge in [0.1, 0.15) is 0 Å². The van der Waals surface area contributed by atoms with Gasteiger partial charge in [-0.3, -0.25) is 0 Å². The SMILES string of the molecule is CCCCC(C)COCCCNC(=O)Nc1cccc(NC(=O)NCCCOCC(CC)CCCC)c1C. The number of amides is 4. The Hall–Kier alpha value is -2.32. The van der Waals surface area contributed by atoms with Crippen LogP contribution in [0.3, 0.4) is 0 Å². The third-order valence-corrected chi connectivity index (χ3v) is 6.68. The van der Waals surface area contributed by atoms with E-state index in [1.165, 1.54) is 38.5 Å². The second kappa shape index (κ2) is 21.6. The van der Waals surface area contributed by atoms with E-state index in [2.05, 4.69) is 49.0 Å². The van der Waals surface area contributed by atoms with Gasteiger partial charge >= 0.3 is 12.1 Å². The molecule has 0 saturated carbocycles. The second-order valence-electron chi connectivity index (χ2n) is 10.3. The maximum Gasteiger partial charge on any atom is 0.319 e. The molecule has 1 rings (SSSR count). The van der Waals surface area contributed by atoms with Crippen molar-refractivity contribution >= 4 is 23.4 Å². The Balaban J connectivity index is 2.27. The monoisotopic (exact) mass is 534 g/mol. The van der Waals surface area contributed by atoms with Gasteiger partial charge in [-0.05, 0) is 62.1 Å². The Morgan fingerprint density at radius 2 is 1.32 bits per heavy atom. The van der Waals surface area contributed by atoms with Gasteiger partial charge in [0.25, 0.3) is 0 Å². The average Bonchev–Trinajstić information content (AvgIpc) is 2.90. The highest BCUT2D eigenvalue weighted by atomic mass is 16.5. The van der Waals surface area contributed by atoms with E-state index in [4.69, 9.17) is 9.47 Å². The molecule has 218 valence electrons. The first-order chi connectivity index (χ1) is 18.4.